The van der Waals surface area contributed by atoms with Crippen molar-refractivity contribution in [2.45, 2.75) is 82.6 Å². The molecule has 2 rings (SSSR count). The van der Waals surface area contributed by atoms with Crippen molar-refractivity contribution >= 4 is 5.91 Å². The lowest BCUT2D eigenvalue weighted by Gasteiger charge is -2.27. The van der Waals surface area contributed by atoms with E-state index in [0.29, 0.717) is 30.7 Å². The number of hydrogen-bond donors (Lipinski definition) is 2. The molecule has 104 valence electrons. The van der Waals surface area contributed by atoms with Crippen LogP contribution in [0.5, 0.6) is 0 Å². The highest BCUT2D eigenvalue weighted by molar-refractivity contribution is 5.76. The minimum Gasteiger partial charge on any atom is -0.375 e. The van der Waals surface area contributed by atoms with E-state index >= 15 is 0 Å². The summed E-state index contributed by atoms with van der Waals surface area (Å²) in [5.74, 6) is 0.179. The second-order valence-electron chi connectivity index (χ2n) is 5.86. The molecular weight excluding hydrogens is 228 g/mol. The number of ether oxygens (including phenoxy) is 1. The molecule has 2 unspecified atom stereocenters. The van der Waals surface area contributed by atoms with E-state index in [1.807, 2.05) is 0 Å². The van der Waals surface area contributed by atoms with Gasteiger partial charge in [0.2, 0.25) is 5.91 Å². The minimum absolute atomic E-state index is 0.179. The first-order chi connectivity index (χ1) is 8.63. The Bertz CT molecular complexity index is 275. The molecule has 2 atom stereocenters. The molecule has 4 nitrogen and oxygen atoms in total. The predicted molar refractivity (Wildman–Crippen MR) is 71.2 cm³/mol. The molecule has 18 heavy (non-hydrogen) atoms. The zero-order chi connectivity index (χ0) is 13.0. The molecule has 1 saturated carbocycles. The summed E-state index contributed by atoms with van der Waals surface area (Å²) in [6.45, 7) is 2.10. The normalized spacial score (nSPS) is 36.6. The lowest BCUT2D eigenvalue weighted by Crippen LogP contribution is -2.40. The Kier molecular flexibility index (Phi) is 5.01. The maximum Gasteiger partial charge on any atom is 0.220 e. The van der Waals surface area contributed by atoms with Crippen molar-refractivity contribution in [1.29, 1.82) is 0 Å². The fourth-order valence-corrected chi connectivity index (χ4v) is 2.95. The summed E-state index contributed by atoms with van der Waals surface area (Å²) in [5, 5.41) is 3.12. The second-order valence-corrected chi connectivity index (χ2v) is 5.86. The summed E-state index contributed by atoms with van der Waals surface area (Å²) < 4.78 is 5.72. The van der Waals surface area contributed by atoms with E-state index in [1.54, 1.807) is 0 Å². The van der Waals surface area contributed by atoms with E-state index in [0.717, 1.165) is 44.9 Å². The van der Waals surface area contributed by atoms with Gasteiger partial charge in [-0.15, -0.1) is 0 Å². The first-order valence-corrected chi connectivity index (χ1v) is 7.34. The highest BCUT2D eigenvalue weighted by Crippen LogP contribution is 2.23. The number of carbonyl (C=O) groups excluding carboxylic acids is 1. The predicted octanol–water partition coefficient (Wildman–Crippen LogP) is 1.72. The molecule has 1 saturated heterocycles. The van der Waals surface area contributed by atoms with E-state index in [-0.39, 0.29) is 5.91 Å². The van der Waals surface area contributed by atoms with E-state index < -0.39 is 0 Å². The van der Waals surface area contributed by atoms with Gasteiger partial charge in [-0.3, -0.25) is 4.79 Å². The van der Waals surface area contributed by atoms with Crippen LogP contribution in [-0.4, -0.2) is 30.2 Å². The summed E-state index contributed by atoms with van der Waals surface area (Å²) in [6.07, 6.45) is 8.50. The lowest BCUT2D eigenvalue weighted by atomic mass is 9.92. The molecule has 2 aliphatic rings. The summed E-state index contributed by atoms with van der Waals surface area (Å²) in [6, 6.07) is 0.687. The highest BCUT2D eigenvalue weighted by Gasteiger charge is 2.23. The zero-order valence-electron chi connectivity index (χ0n) is 11.4. The van der Waals surface area contributed by atoms with Crippen molar-refractivity contribution in [3.05, 3.63) is 0 Å². The lowest BCUT2D eigenvalue weighted by molar-refractivity contribution is -0.122. The fraction of sp³-hybridized carbons (Fsp3) is 0.929. The van der Waals surface area contributed by atoms with Gasteiger partial charge in [0.25, 0.3) is 0 Å². The van der Waals surface area contributed by atoms with Crippen LogP contribution in [0.2, 0.25) is 0 Å². The third kappa shape index (κ3) is 4.25. The van der Waals surface area contributed by atoms with Gasteiger partial charge in [-0.05, 0) is 51.9 Å². The van der Waals surface area contributed by atoms with Crippen LogP contribution in [0.15, 0.2) is 0 Å². The second kappa shape index (κ2) is 6.53. The van der Waals surface area contributed by atoms with Crippen LogP contribution in [0.1, 0.15) is 58.3 Å². The van der Waals surface area contributed by atoms with E-state index in [2.05, 4.69) is 12.2 Å². The molecular formula is C14H26N2O2. The van der Waals surface area contributed by atoms with Crippen LogP contribution >= 0.6 is 0 Å². The van der Waals surface area contributed by atoms with Crippen LogP contribution in [-0.2, 0) is 9.53 Å². The number of amides is 1. The van der Waals surface area contributed by atoms with Crippen molar-refractivity contribution < 1.29 is 9.53 Å². The Morgan fingerprint density at radius 1 is 1.22 bits per heavy atom. The number of nitrogens with one attached hydrogen (secondary N) is 1. The number of nitrogens with two attached hydrogens (primary N) is 1. The molecule has 2 fully saturated rings. The van der Waals surface area contributed by atoms with Gasteiger partial charge in [-0.25, -0.2) is 0 Å². The van der Waals surface area contributed by atoms with Gasteiger partial charge in [0, 0.05) is 18.5 Å². The average Bonchev–Trinajstić information content (AvgIpc) is 2.76. The molecule has 0 aromatic carbocycles. The Morgan fingerprint density at radius 3 is 2.56 bits per heavy atom. The third-order valence-electron chi connectivity index (χ3n) is 4.15. The van der Waals surface area contributed by atoms with Crippen molar-refractivity contribution in [3.63, 3.8) is 0 Å². The van der Waals surface area contributed by atoms with E-state index in [1.165, 1.54) is 0 Å². The van der Waals surface area contributed by atoms with Crippen molar-refractivity contribution in [2.24, 2.45) is 5.73 Å². The monoisotopic (exact) mass is 254 g/mol. The van der Waals surface area contributed by atoms with Gasteiger partial charge in [-0.1, -0.05) is 0 Å². The zero-order valence-corrected chi connectivity index (χ0v) is 11.4. The maximum absolute atomic E-state index is 11.8. The first-order valence-electron chi connectivity index (χ1n) is 7.34. The van der Waals surface area contributed by atoms with Crippen molar-refractivity contribution in [3.8, 4) is 0 Å². The summed E-state index contributed by atoms with van der Waals surface area (Å²) in [4.78, 5) is 11.8. The molecule has 1 amide bonds. The number of hydrogen-bond acceptors (Lipinski definition) is 3. The third-order valence-corrected chi connectivity index (χ3v) is 4.15. The molecule has 3 N–H and O–H groups in total. The van der Waals surface area contributed by atoms with Crippen LogP contribution in [0.4, 0.5) is 0 Å². The van der Waals surface area contributed by atoms with Gasteiger partial charge >= 0.3 is 0 Å². The molecule has 4 heteroatoms. The standard InChI is InChI=1S/C14H26N2O2/c1-10-2-7-13(18-10)8-9-14(17)16-12-5-3-11(15)4-6-12/h10-13H,2-9,15H2,1H3,(H,16,17). The van der Waals surface area contributed by atoms with E-state index in [9.17, 15) is 4.79 Å². The van der Waals surface area contributed by atoms with Crippen LogP contribution < -0.4 is 11.1 Å². The molecule has 0 spiro atoms. The van der Waals surface area contributed by atoms with Gasteiger partial charge in [0.15, 0.2) is 0 Å². The number of rotatable bonds is 4. The van der Waals surface area contributed by atoms with Gasteiger partial charge in [-0.2, -0.15) is 0 Å². The Morgan fingerprint density at radius 2 is 1.94 bits per heavy atom. The molecule has 1 aliphatic heterocycles. The topological polar surface area (TPSA) is 64.4 Å². The maximum atomic E-state index is 11.8. The quantitative estimate of drug-likeness (QED) is 0.803. The van der Waals surface area contributed by atoms with Gasteiger partial charge in [0.1, 0.15) is 0 Å². The van der Waals surface area contributed by atoms with Crippen molar-refractivity contribution in [1.82, 2.24) is 5.32 Å². The summed E-state index contributed by atoms with van der Waals surface area (Å²) in [7, 11) is 0. The van der Waals surface area contributed by atoms with Crippen molar-refractivity contribution in [2.75, 3.05) is 0 Å². The Balaban J connectivity index is 1.60. The van der Waals surface area contributed by atoms with Crippen LogP contribution in [0.25, 0.3) is 0 Å². The molecule has 1 aliphatic carbocycles. The molecule has 0 aromatic heterocycles. The van der Waals surface area contributed by atoms with Gasteiger partial charge < -0.3 is 15.8 Å². The average molecular weight is 254 g/mol. The fourth-order valence-electron chi connectivity index (χ4n) is 2.95. The first kappa shape index (κ1) is 13.8. The highest BCUT2D eigenvalue weighted by atomic mass is 16.5. The summed E-state index contributed by atoms with van der Waals surface area (Å²) in [5.41, 5.74) is 5.85. The Labute approximate surface area is 110 Å². The molecule has 1 heterocycles. The SMILES string of the molecule is CC1CCC(CCC(=O)NC2CCC(N)CC2)O1. The Hall–Kier alpha value is -0.610. The largest absolute Gasteiger partial charge is 0.375 e. The summed E-state index contributed by atoms with van der Waals surface area (Å²) >= 11 is 0. The molecule has 0 aromatic rings. The van der Waals surface area contributed by atoms with E-state index in [4.69, 9.17) is 10.5 Å². The molecule has 0 bridgehead atoms. The minimum atomic E-state index is 0.179. The van der Waals surface area contributed by atoms with Crippen LogP contribution in [0, 0.1) is 0 Å². The molecule has 0 radical (unpaired) electrons. The smallest absolute Gasteiger partial charge is 0.220 e. The number of carbonyl (C=O) groups is 1. The van der Waals surface area contributed by atoms with Gasteiger partial charge in [0.05, 0.1) is 12.2 Å². The van der Waals surface area contributed by atoms with Crippen LogP contribution in [0.3, 0.4) is 0 Å².